The molecule has 0 radical (unpaired) electrons. The predicted octanol–water partition coefficient (Wildman–Crippen LogP) is 2.69. The number of hydrogen-bond donors (Lipinski definition) is 1. The SMILES string of the molecule is Cc1ccsc1C(C)(C)CNc1nnns1. The number of anilines is 1. The molecule has 4 nitrogen and oxygen atoms in total. The smallest absolute Gasteiger partial charge is 0.225 e. The first-order valence-electron chi connectivity index (χ1n) is 5.03. The summed E-state index contributed by atoms with van der Waals surface area (Å²) in [6.45, 7) is 7.45. The van der Waals surface area contributed by atoms with Crippen molar-refractivity contribution >= 4 is 28.0 Å². The Labute approximate surface area is 103 Å². The van der Waals surface area contributed by atoms with Crippen molar-refractivity contribution in [3.8, 4) is 0 Å². The molecule has 0 aliphatic carbocycles. The summed E-state index contributed by atoms with van der Waals surface area (Å²) in [4.78, 5) is 1.41. The van der Waals surface area contributed by atoms with Gasteiger partial charge in [0.05, 0.1) is 0 Å². The van der Waals surface area contributed by atoms with Crippen LogP contribution in [0.4, 0.5) is 5.13 Å². The molecule has 0 aliphatic heterocycles. The fourth-order valence-corrected chi connectivity index (χ4v) is 3.06. The molecule has 0 aliphatic rings. The first-order chi connectivity index (χ1) is 7.59. The fraction of sp³-hybridized carbons (Fsp3) is 0.500. The minimum absolute atomic E-state index is 0.101. The monoisotopic (exact) mass is 254 g/mol. The fourth-order valence-electron chi connectivity index (χ4n) is 1.64. The second-order valence-electron chi connectivity index (χ2n) is 4.34. The average Bonchev–Trinajstić information content (AvgIpc) is 2.85. The highest BCUT2D eigenvalue weighted by Gasteiger charge is 2.24. The minimum Gasteiger partial charge on any atom is -0.358 e. The van der Waals surface area contributed by atoms with E-state index in [0.29, 0.717) is 0 Å². The Morgan fingerprint density at radius 2 is 2.25 bits per heavy atom. The second-order valence-corrected chi connectivity index (χ2v) is 5.99. The van der Waals surface area contributed by atoms with Gasteiger partial charge in [-0.3, -0.25) is 0 Å². The number of nitrogens with one attached hydrogen (secondary N) is 1. The highest BCUT2D eigenvalue weighted by Crippen LogP contribution is 2.31. The van der Waals surface area contributed by atoms with Crippen LogP contribution in [0.1, 0.15) is 24.3 Å². The molecule has 6 heteroatoms. The van der Waals surface area contributed by atoms with Crippen LogP contribution in [-0.2, 0) is 5.41 Å². The Bertz CT molecular complexity index is 447. The molecule has 16 heavy (non-hydrogen) atoms. The summed E-state index contributed by atoms with van der Waals surface area (Å²) in [5.41, 5.74) is 1.45. The molecule has 0 amide bonds. The van der Waals surface area contributed by atoms with E-state index in [1.807, 2.05) is 0 Å². The Balaban J connectivity index is 2.06. The van der Waals surface area contributed by atoms with E-state index in [9.17, 15) is 0 Å². The summed E-state index contributed by atoms with van der Waals surface area (Å²) in [7, 11) is 0. The van der Waals surface area contributed by atoms with E-state index in [1.165, 1.54) is 22.0 Å². The lowest BCUT2D eigenvalue weighted by Crippen LogP contribution is -2.27. The molecule has 2 aromatic rings. The highest BCUT2D eigenvalue weighted by molar-refractivity contribution is 7.10. The number of hydrogen-bond acceptors (Lipinski definition) is 6. The molecule has 0 bridgehead atoms. The number of aromatic nitrogens is 3. The molecule has 2 aromatic heterocycles. The predicted molar refractivity (Wildman–Crippen MR) is 68.3 cm³/mol. The van der Waals surface area contributed by atoms with Crippen molar-refractivity contribution in [1.82, 2.24) is 14.8 Å². The Morgan fingerprint density at radius 3 is 2.81 bits per heavy atom. The molecule has 0 unspecified atom stereocenters. The molecule has 0 aromatic carbocycles. The quantitative estimate of drug-likeness (QED) is 0.911. The lowest BCUT2D eigenvalue weighted by molar-refractivity contribution is 0.565. The molecule has 0 spiro atoms. The minimum atomic E-state index is 0.101. The van der Waals surface area contributed by atoms with Crippen LogP contribution >= 0.6 is 22.9 Å². The van der Waals surface area contributed by atoms with E-state index in [2.05, 4.69) is 52.3 Å². The third kappa shape index (κ3) is 2.38. The van der Waals surface area contributed by atoms with Gasteiger partial charge in [0.15, 0.2) is 0 Å². The molecular weight excluding hydrogens is 240 g/mol. The Kier molecular flexibility index (Phi) is 3.20. The molecule has 0 saturated heterocycles. The maximum absolute atomic E-state index is 3.87. The molecule has 2 rings (SSSR count). The van der Waals surface area contributed by atoms with Crippen LogP contribution in [0.3, 0.4) is 0 Å². The maximum Gasteiger partial charge on any atom is 0.225 e. The van der Waals surface area contributed by atoms with Gasteiger partial charge in [-0.2, -0.15) is 0 Å². The Hall–Kier alpha value is -1.01. The van der Waals surface area contributed by atoms with Gasteiger partial charge < -0.3 is 5.32 Å². The standard InChI is InChI=1S/C10H14N4S2/c1-7-4-5-15-8(7)10(2,3)6-11-9-12-13-14-16-9/h4-5H,6H2,1-3H3,(H,11,12,14). The topological polar surface area (TPSA) is 50.7 Å². The summed E-state index contributed by atoms with van der Waals surface area (Å²) in [5, 5.41) is 13.6. The molecule has 0 atom stereocenters. The average molecular weight is 254 g/mol. The van der Waals surface area contributed by atoms with E-state index < -0.39 is 0 Å². The van der Waals surface area contributed by atoms with E-state index in [4.69, 9.17) is 0 Å². The van der Waals surface area contributed by atoms with Crippen molar-refractivity contribution in [2.75, 3.05) is 11.9 Å². The van der Waals surface area contributed by atoms with Crippen LogP contribution in [-0.4, -0.2) is 21.3 Å². The number of aryl methyl sites for hydroxylation is 1. The van der Waals surface area contributed by atoms with E-state index in [-0.39, 0.29) is 5.41 Å². The van der Waals surface area contributed by atoms with Crippen molar-refractivity contribution < 1.29 is 0 Å². The first kappa shape index (κ1) is 11.5. The molecular formula is C10H14N4S2. The van der Waals surface area contributed by atoms with Crippen molar-refractivity contribution in [1.29, 1.82) is 0 Å². The highest BCUT2D eigenvalue weighted by atomic mass is 32.1. The van der Waals surface area contributed by atoms with Crippen molar-refractivity contribution in [2.45, 2.75) is 26.2 Å². The zero-order valence-electron chi connectivity index (χ0n) is 9.52. The molecule has 2 heterocycles. The van der Waals surface area contributed by atoms with Crippen LogP contribution in [0, 0.1) is 6.92 Å². The van der Waals surface area contributed by atoms with Crippen LogP contribution in [0.25, 0.3) is 0 Å². The van der Waals surface area contributed by atoms with Crippen LogP contribution in [0.15, 0.2) is 11.4 Å². The lowest BCUT2D eigenvalue weighted by atomic mass is 9.89. The summed E-state index contributed by atoms with van der Waals surface area (Å²) in [6.07, 6.45) is 0. The second kappa shape index (κ2) is 4.47. The van der Waals surface area contributed by atoms with E-state index in [0.717, 1.165) is 11.7 Å². The number of rotatable bonds is 4. The molecule has 1 N–H and O–H groups in total. The third-order valence-corrected chi connectivity index (χ3v) is 4.39. The molecule has 86 valence electrons. The maximum atomic E-state index is 3.87. The van der Waals surface area contributed by atoms with Gasteiger partial charge >= 0.3 is 0 Å². The first-order valence-corrected chi connectivity index (χ1v) is 6.68. The largest absolute Gasteiger partial charge is 0.358 e. The van der Waals surface area contributed by atoms with Gasteiger partial charge in [-0.05, 0) is 29.1 Å². The van der Waals surface area contributed by atoms with Crippen molar-refractivity contribution in [3.05, 3.63) is 21.9 Å². The lowest BCUT2D eigenvalue weighted by Gasteiger charge is -2.24. The van der Waals surface area contributed by atoms with Crippen LogP contribution in [0.2, 0.25) is 0 Å². The summed E-state index contributed by atoms with van der Waals surface area (Å²) in [5.74, 6) is 0. The van der Waals surface area contributed by atoms with Gasteiger partial charge in [-0.25, -0.2) is 0 Å². The number of nitrogens with zero attached hydrogens (tertiary/aromatic N) is 3. The third-order valence-electron chi connectivity index (χ3n) is 2.46. The summed E-state index contributed by atoms with van der Waals surface area (Å²) < 4.78 is 3.72. The number of thiophene rings is 1. The summed E-state index contributed by atoms with van der Waals surface area (Å²) >= 11 is 3.09. The normalized spacial score (nSPS) is 11.7. The Morgan fingerprint density at radius 1 is 1.44 bits per heavy atom. The van der Waals surface area contributed by atoms with E-state index in [1.54, 1.807) is 11.3 Å². The van der Waals surface area contributed by atoms with Crippen LogP contribution in [0.5, 0.6) is 0 Å². The van der Waals surface area contributed by atoms with Crippen molar-refractivity contribution in [2.24, 2.45) is 0 Å². The van der Waals surface area contributed by atoms with Gasteiger partial charge in [0.1, 0.15) is 0 Å². The van der Waals surface area contributed by atoms with E-state index >= 15 is 0 Å². The van der Waals surface area contributed by atoms with Gasteiger partial charge in [-0.15, -0.1) is 11.3 Å². The zero-order chi connectivity index (χ0) is 11.6. The molecule has 0 fully saturated rings. The summed E-state index contributed by atoms with van der Waals surface area (Å²) in [6, 6.07) is 2.16. The van der Waals surface area contributed by atoms with Crippen LogP contribution < -0.4 is 5.32 Å². The van der Waals surface area contributed by atoms with Gasteiger partial charge in [0.2, 0.25) is 5.13 Å². The van der Waals surface area contributed by atoms with Gasteiger partial charge in [-0.1, -0.05) is 23.4 Å². The van der Waals surface area contributed by atoms with Crippen molar-refractivity contribution in [3.63, 3.8) is 0 Å². The van der Waals surface area contributed by atoms with Gasteiger partial charge in [0, 0.05) is 28.4 Å². The van der Waals surface area contributed by atoms with Gasteiger partial charge in [0.25, 0.3) is 0 Å². The molecule has 0 saturated carbocycles. The zero-order valence-corrected chi connectivity index (χ0v) is 11.2.